The minimum atomic E-state index is 0.229. The normalized spacial score (nSPS) is 24.4. The van der Waals surface area contributed by atoms with Gasteiger partial charge in [-0.1, -0.05) is 30.3 Å². The highest BCUT2D eigenvalue weighted by Gasteiger charge is 2.44. The van der Waals surface area contributed by atoms with E-state index in [1.54, 1.807) is 4.90 Å². The Balaban J connectivity index is 2.03. The van der Waals surface area contributed by atoms with Gasteiger partial charge in [0.2, 0.25) is 5.91 Å². The maximum absolute atomic E-state index is 11.6. The first-order valence-corrected chi connectivity index (χ1v) is 4.96. The lowest BCUT2D eigenvalue weighted by molar-refractivity contribution is -0.130. The van der Waals surface area contributed by atoms with E-state index in [1.165, 1.54) is 5.56 Å². The molecule has 2 nitrogen and oxygen atoms in total. The van der Waals surface area contributed by atoms with E-state index in [9.17, 15) is 4.79 Å². The van der Waals surface area contributed by atoms with Crippen molar-refractivity contribution in [2.75, 3.05) is 14.1 Å². The molecule has 0 aromatic heterocycles. The standard InChI is InChI=1S/C12H15NO/c1-13(2)12(14)11-8-10(11)9-6-4-3-5-7-9/h3-7,10-11H,8H2,1-2H3/t10-,11-/m1/s1. The van der Waals surface area contributed by atoms with Crippen LogP contribution in [0.2, 0.25) is 0 Å². The van der Waals surface area contributed by atoms with Crippen LogP contribution in [0.15, 0.2) is 30.3 Å². The average Bonchev–Trinajstić information content (AvgIpc) is 2.97. The summed E-state index contributed by atoms with van der Waals surface area (Å²) in [6.45, 7) is 0. The van der Waals surface area contributed by atoms with Crippen molar-refractivity contribution in [3.05, 3.63) is 35.9 Å². The summed E-state index contributed by atoms with van der Waals surface area (Å²) in [4.78, 5) is 13.3. The molecule has 2 atom stereocenters. The third-order valence-corrected chi connectivity index (χ3v) is 2.78. The van der Waals surface area contributed by atoms with Crippen LogP contribution in [0.1, 0.15) is 17.9 Å². The summed E-state index contributed by atoms with van der Waals surface area (Å²) in [5.41, 5.74) is 1.30. The van der Waals surface area contributed by atoms with Gasteiger partial charge < -0.3 is 4.90 Å². The number of hydrogen-bond acceptors (Lipinski definition) is 1. The third kappa shape index (κ3) is 1.65. The summed E-state index contributed by atoms with van der Waals surface area (Å²) in [7, 11) is 3.64. The molecule has 0 N–H and O–H groups in total. The fourth-order valence-electron chi connectivity index (χ4n) is 1.87. The van der Waals surface area contributed by atoms with Gasteiger partial charge >= 0.3 is 0 Å². The highest BCUT2D eigenvalue weighted by Crippen LogP contribution is 2.48. The second-order valence-electron chi connectivity index (χ2n) is 4.09. The Kier molecular flexibility index (Phi) is 2.28. The van der Waals surface area contributed by atoms with Gasteiger partial charge in [0.25, 0.3) is 0 Å². The first kappa shape index (κ1) is 9.25. The average molecular weight is 189 g/mol. The molecular formula is C12H15NO. The number of hydrogen-bond donors (Lipinski definition) is 0. The van der Waals surface area contributed by atoms with Crippen LogP contribution in [-0.4, -0.2) is 24.9 Å². The smallest absolute Gasteiger partial charge is 0.225 e. The Hall–Kier alpha value is -1.31. The van der Waals surface area contributed by atoms with Gasteiger partial charge in [0.05, 0.1) is 0 Å². The van der Waals surface area contributed by atoms with Crippen molar-refractivity contribution in [1.82, 2.24) is 4.90 Å². The van der Waals surface area contributed by atoms with Gasteiger partial charge in [-0.25, -0.2) is 0 Å². The molecule has 0 bridgehead atoms. The lowest BCUT2D eigenvalue weighted by atomic mass is 10.1. The lowest BCUT2D eigenvalue weighted by Crippen LogP contribution is -2.23. The summed E-state index contributed by atoms with van der Waals surface area (Å²) in [5, 5.41) is 0. The van der Waals surface area contributed by atoms with E-state index in [0.717, 1.165) is 6.42 Å². The van der Waals surface area contributed by atoms with Crippen molar-refractivity contribution in [1.29, 1.82) is 0 Å². The molecule has 1 aromatic rings. The highest BCUT2D eigenvalue weighted by atomic mass is 16.2. The van der Waals surface area contributed by atoms with Crippen molar-refractivity contribution in [3.63, 3.8) is 0 Å². The molecule has 1 aromatic carbocycles. The molecule has 0 aliphatic heterocycles. The van der Waals surface area contributed by atoms with Gasteiger partial charge in [0, 0.05) is 20.0 Å². The van der Waals surface area contributed by atoms with Crippen LogP contribution in [0.5, 0.6) is 0 Å². The van der Waals surface area contributed by atoms with E-state index in [4.69, 9.17) is 0 Å². The summed E-state index contributed by atoms with van der Waals surface area (Å²) in [5.74, 6) is 0.956. The molecule has 14 heavy (non-hydrogen) atoms. The SMILES string of the molecule is CN(C)C(=O)[C@@H]1C[C@@H]1c1ccccc1. The van der Waals surface area contributed by atoms with Crippen LogP contribution in [0.25, 0.3) is 0 Å². The molecule has 1 aliphatic rings. The van der Waals surface area contributed by atoms with Gasteiger partial charge in [-0.2, -0.15) is 0 Å². The second-order valence-corrected chi connectivity index (χ2v) is 4.09. The first-order valence-electron chi connectivity index (χ1n) is 4.96. The topological polar surface area (TPSA) is 20.3 Å². The van der Waals surface area contributed by atoms with Crippen LogP contribution in [0, 0.1) is 5.92 Å². The number of amides is 1. The minimum Gasteiger partial charge on any atom is -0.349 e. The largest absolute Gasteiger partial charge is 0.349 e. The van der Waals surface area contributed by atoms with Crippen molar-refractivity contribution in [2.45, 2.75) is 12.3 Å². The highest BCUT2D eigenvalue weighted by molar-refractivity contribution is 5.82. The van der Waals surface area contributed by atoms with E-state index < -0.39 is 0 Å². The second kappa shape index (κ2) is 3.45. The molecule has 2 rings (SSSR count). The van der Waals surface area contributed by atoms with E-state index in [0.29, 0.717) is 5.92 Å². The molecule has 0 unspecified atom stereocenters. The molecular weight excluding hydrogens is 174 g/mol. The van der Waals surface area contributed by atoms with E-state index in [1.807, 2.05) is 32.3 Å². The maximum Gasteiger partial charge on any atom is 0.225 e. The van der Waals surface area contributed by atoms with Gasteiger partial charge in [-0.15, -0.1) is 0 Å². The van der Waals surface area contributed by atoms with Gasteiger partial charge in [0.15, 0.2) is 0 Å². The Morgan fingerprint density at radius 3 is 2.50 bits per heavy atom. The number of rotatable bonds is 2. The number of nitrogens with zero attached hydrogens (tertiary/aromatic N) is 1. The number of benzene rings is 1. The molecule has 1 saturated carbocycles. The Bertz CT molecular complexity index is 331. The zero-order valence-corrected chi connectivity index (χ0v) is 8.60. The molecule has 0 radical (unpaired) electrons. The number of carbonyl (C=O) groups is 1. The lowest BCUT2D eigenvalue weighted by Gasteiger charge is -2.09. The summed E-state index contributed by atoms with van der Waals surface area (Å²) in [6.07, 6.45) is 1.01. The van der Waals surface area contributed by atoms with Crippen molar-refractivity contribution >= 4 is 5.91 Å². The molecule has 74 valence electrons. The Morgan fingerprint density at radius 2 is 1.93 bits per heavy atom. The van der Waals surface area contributed by atoms with E-state index >= 15 is 0 Å². The molecule has 1 amide bonds. The van der Waals surface area contributed by atoms with E-state index in [2.05, 4.69) is 12.1 Å². The summed E-state index contributed by atoms with van der Waals surface area (Å²) in [6, 6.07) is 10.3. The maximum atomic E-state index is 11.6. The third-order valence-electron chi connectivity index (χ3n) is 2.78. The van der Waals surface area contributed by atoms with E-state index in [-0.39, 0.29) is 11.8 Å². The fraction of sp³-hybridized carbons (Fsp3) is 0.417. The van der Waals surface area contributed by atoms with Gasteiger partial charge in [-0.05, 0) is 17.9 Å². The van der Waals surface area contributed by atoms with Gasteiger partial charge in [-0.3, -0.25) is 4.79 Å². The molecule has 1 fully saturated rings. The van der Waals surface area contributed by atoms with Crippen molar-refractivity contribution in [3.8, 4) is 0 Å². The zero-order chi connectivity index (χ0) is 10.1. The Labute approximate surface area is 84.5 Å². The van der Waals surface area contributed by atoms with Crippen LogP contribution in [-0.2, 0) is 4.79 Å². The quantitative estimate of drug-likeness (QED) is 0.695. The molecule has 1 aliphatic carbocycles. The first-order chi connectivity index (χ1) is 6.70. The molecule has 0 spiro atoms. The zero-order valence-electron chi connectivity index (χ0n) is 8.60. The van der Waals surface area contributed by atoms with Crippen molar-refractivity contribution < 1.29 is 4.79 Å². The Morgan fingerprint density at radius 1 is 1.29 bits per heavy atom. The van der Waals surface area contributed by atoms with Crippen LogP contribution < -0.4 is 0 Å². The fourth-order valence-corrected chi connectivity index (χ4v) is 1.87. The number of carbonyl (C=O) groups excluding carboxylic acids is 1. The van der Waals surface area contributed by atoms with Crippen LogP contribution in [0.3, 0.4) is 0 Å². The summed E-state index contributed by atoms with van der Waals surface area (Å²) < 4.78 is 0. The summed E-state index contributed by atoms with van der Waals surface area (Å²) >= 11 is 0. The molecule has 2 heteroatoms. The predicted molar refractivity (Wildman–Crippen MR) is 56.0 cm³/mol. The van der Waals surface area contributed by atoms with Crippen LogP contribution >= 0.6 is 0 Å². The minimum absolute atomic E-state index is 0.229. The monoisotopic (exact) mass is 189 g/mol. The van der Waals surface area contributed by atoms with Crippen LogP contribution in [0.4, 0.5) is 0 Å². The van der Waals surface area contributed by atoms with Gasteiger partial charge in [0.1, 0.15) is 0 Å². The van der Waals surface area contributed by atoms with Crippen molar-refractivity contribution in [2.24, 2.45) is 5.92 Å². The predicted octanol–water partition coefficient (Wildman–Crippen LogP) is 1.88. The molecule has 0 heterocycles. The molecule has 0 saturated heterocycles.